The summed E-state index contributed by atoms with van der Waals surface area (Å²) in [5.74, 6) is -4.60. The third kappa shape index (κ3) is 13.5. The van der Waals surface area contributed by atoms with Crippen LogP contribution < -0.4 is 47.3 Å². The van der Waals surface area contributed by atoms with Crippen LogP contribution in [0.2, 0.25) is 0 Å². The predicted molar refractivity (Wildman–Crippen MR) is 248 cm³/mol. The number of unbranched alkanes of at least 4 members (excludes halogenated alkanes) is 1. The van der Waals surface area contributed by atoms with Gasteiger partial charge in [-0.15, -0.1) is 0 Å². The fourth-order valence-electron chi connectivity index (χ4n) is 7.45. The van der Waals surface area contributed by atoms with Crippen molar-refractivity contribution >= 4 is 39.6 Å². The maximum atomic E-state index is 14.6. The first-order valence-electron chi connectivity index (χ1n) is 22.0. The first kappa shape index (κ1) is 52.4. The Labute approximate surface area is 392 Å². The molecule has 4 bridgehead atoms. The number of nitrogens with zero attached hydrogens (tertiary/aromatic N) is 1. The number of amides is 5. The van der Waals surface area contributed by atoms with E-state index in [1.165, 1.54) is 49.0 Å². The zero-order chi connectivity index (χ0) is 49.6. The van der Waals surface area contributed by atoms with Gasteiger partial charge in [-0.25, -0.2) is 4.72 Å². The van der Waals surface area contributed by atoms with Crippen molar-refractivity contribution in [3.05, 3.63) is 107 Å². The third-order valence-electron chi connectivity index (χ3n) is 11.0. The van der Waals surface area contributed by atoms with Gasteiger partial charge in [0.25, 0.3) is 11.8 Å². The van der Waals surface area contributed by atoms with Gasteiger partial charge in [0, 0.05) is 43.2 Å². The summed E-state index contributed by atoms with van der Waals surface area (Å²) >= 11 is 0. The monoisotopic (exact) mass is 966 g/mol. The van der Waals surface area contributed by atoms with Crippen molar-refractivity contribution in [2.24, 2.45) is 17.2 Å². The highest BCUT2D eigenvalue weighted by atomic mass is 32.2. The van der Waals surface area contributed by atoms with Crippen LogP contribution in [0.5, 0.6) is 11.5 Å². The van der Waals surface area contributed by atoms with Gasteiger partial charge >= 0.3 is 15.5 Å². The molecule has 0 saturated carbocycles. The van der Waals surface area contributed by atoms with Crippen molar-refractivity contribution in [1.82, 2.24) is 25.6 Å². The van der Waals surface area contributed by atoms with E-state index in [1.54, 1.807) is 24.3 Å². The lowest BCUT2D eigenvalue weighted by Gasteiger charge is -2.32. The topological polar surface area (TPSA) is 267 Å². The molecule has 68 heavy (non-hydrogen) atoms. The van der Waals surface area contributed by atoms with Crippen LogP contribution in [0.4, 0.5) is 13.2 Å². The molecule has 0 radical (unpaired) electrons. The summed E-state index contributed by atoms with van der Waals surface area (Å²) < 4.78 is 76.9. The molecular formula is C47H57F3N8O9S. The van der Waals surface area contributed by atoms with Crippen molar-refractivity contribution in [3.8, 4) is 33.8 Å². The summed E-state index contributed by atoms with van der Waals surface area (Å²) in [6.45, 7) is 1.62. The largest absolute Gasteiger partial charge is 0.516 e. The van der Waals surface area contributed by atoms with Crippen molar-refractivity contribution in [2.75, 3.05) is 46.4 Å². The molecule has 4 aromatic carbocycles. The Bertz CT molecular complexity index is 2530. The molecule has 0 saturated heterocycles. The number of carbonyl (C=O) groups excluding carboxylic acids is 5. The molecule has 366 valence electrons. The second-order valence-electron chi connectivity index (χ2n) is 16.0. The molecule has 1 heterocycles. The van der Waals surface area contributed by atoms with Gasteiger partial charge in [0.05, 0.1) is 6.54 Å². The quantitative estimate of drug-likeness (QED) is 0.0715. The van der Waals surface area contributed by atoms with E-state index in [0.29, 0.717) is 6.42 Å². The number of likely N-dealkylation sites (N-methyl/N-ethyl adjacent to an activating group) is 1. The van der Waals surface area contributed by atoms with Crippen LogP contribution in [0.1, 0.15) is 65.7 Å². The molecule has 5 amide bonds. The van der Waals surface area contributed by atoms with Crippen LogP contribution in [0.25, 0.3) is 22.3 Å². The highest BCUT2D eigenvalue weighted by molar-refractivity contribution is 7.90. The van der Waals surface area contributed by atoms with Crippen molar-refractivity contribution in [1.29, 1.82) is 0 Å². The molecule has 21 heteroatoms. The predicted octanol–water partition coefficient (Wildman–Crippen LogP) is 3.20. The number of carbonyl (C=O) groups is 5. The number of ether oxygens (including phenoxy) is 2. The van der Waals surface area contributed by atoms with E-state index in [1.807, 2.05) is 12.1 Å². The summed E-state index contributed by atoms with van der Waals surface area (Å²) in [5.41, 5.74) is 15.8. The van der Waals surface area contributed by atoms with E-state index in [0.717, 1.165) is 40.0 Å². The number of hydrogen-bond acceptors (Lipinski definition) is 12. The molecule has 4 aromatic rings. The molecule has 10 N–H and O–H groups in total. The lowest BCUT2D eigenvalue weighted by atomic mass is 9.93. The Kier molecular flexibility index (Phi) is 18.5. The van der Waals surface area contributed by atoms with Gasteiger partial charge < -0.3 is 47.5 Å². The van der Waals surface area contributed by atoms with Gasteiger partial charge in [-0.1, -0.05) is 61.9 Å². The van der Waals surface area contributed by atoms with E-state index in [-0.39, 0.29) is 78.6 Å². The minimum Gasteiger partial charge on any atom is -0.492 e. The minimum absolute atomic E-state index is 0.0106. The minimum atomic E-state index is -6.20. The van der Waals surface area contributed by atoms with Gasteiger partial charge in [-0.2, -0.15) is 21.6 Å². The van der Waals surface area contributed by atoms with E-state index >= 15 is 0 Å². The molecule has 5 rings (SSSR count). The number of halogens is 3. The van der Waals surface area contributed by atoms with Crippen LogP contribution in [-0.4, -0.2) is 107 Å². The van der Waals surface area contributed by atoms with Crippen molar-refractivity contribution in [2.45, 2.75) is 69.1 Å². The molecule has 0 fully saturated rings. The van der Waals surface area contributed by atoms with Gasteiger partial charge in [-0.05, 0) is 96.4 Å². The smallest absolute Gasteiger partial charge is 0.492 e. The number of hydrogen-bond donors (Lipinski definition) is 7. The number of sulfonamides is 1. The number of alkyl halides is 3. The van der Waals surface area contributed by atoms with Gasteiger partial charge in [0.2, 0.25) is 17.7 Å². The van der Waals surface area contributed by atoms with Gasteiger partial charge in [0.15, 0.2) is 0 Å². The Balaban J connectivity index is 1.53. The Morgan fingerprint density at radius 2 is 1.44 bits per heavy atom. The highest BCUT2D eigenvalue weighted by Gasteiger charge is 2.48. The summed E-state index contributed by atoms with van der Waals surface area (Å²) in [6.07, 6.45) is 2.99. The highest BCUT2D eigenvalue weighted by Crippen LogP contribution is 2.40. The maximum Gasteiger partial charge on any atom is 0.516 e. The molecular weight excluding hydrogens is 910 g/mol. The molecule has 0 aromatic heterocycles. The fraction of sp³-hybridized carbons (Fsp3) is 0.383. The van der Waals surface area contributed by atoms with Crippen LogP contribution in [0, 0.1) is 0 Å². The molecule has 1 aliphatic rings. The Hall–Kier alpha value is -6.55. The number of aryl methyl sites for hydroxylation is 1. The second-order valence-corrected chi connectivity index (χ2v) is 17.7. The number of fused-ring (bicyclic) bond motifs is 5. The number of nitrogens with two attached hydrogens (primary N) is 3. The fourth-order valence-corrected chi connectivity index (χ4v) is 7.97. The SMILES string of the molecule is CCCCc1ccc(-c2ccc(C(=O)N[C@@H](CCCN)C(=O)N(C)[C@@H]3C(=O)NCC(=O)N[C@H](C(=O)NS(=O)(=O)C(F)(F)F)Cc4ccc(OCCN)c(c4)-c4cc3ccc4OCCN)cc2)cc1. The van der Waals surface area contributed by atoms with Crippen molar-refractivity contribution in [3.63, 3.8) is 0 Å². The number of nitrogens with one attached hydrogen (secondary N) is 4. The lowest BCUT2D eigenvalue weighted by Crippen LogP contribution is -2.54. The van der Waals surface area contributed by atoms with E-state index in [2.05, 4.69) is 35.0 Å². The summed E-state index contributed by atoms with van der Waals surface area (Å²) in [5, 5.41) is 7.43. The van der Waals surface area contributed by atoms with E-state index < -0.39 is 76.2 Å². The molecule has 0 unspecified atom stereocenters. The molecule has 3 atom stereocenters. The van der Waals surface area contributed by atoms with E-state index in [9.17, 15) is 45.6 Å². The average Bonchev–Trinajstić information content (AvgIpc) is 3.32. The Morgan fingerprint density at radius 1 is 0.838 bits per heavy atom. The standard InChI is InChI=1S/C47H57F3N8O9S/c1-3-4-6-29-8-11-31(12-9-29)32-13-15-33(16-14-32)43(60)56-37(7-5-20-51)46(63)58(2)42-34-17-19-40(67-24-22-53)36(27-34)35-25-30(10-18-39(35)66-23-21-52)26-38(55-41(59)28-54-45(42)62)44(61)57-68(64,65)47(48,49)50/h8-19,25,27,37-38,42H,3-7,20-24,26,28,51-53H2,1-2H3,(H,54,62)(H,55,59)(H,56,60)(H,57,61)/t37-,38-,42-/m0/s1. The first-order chi connectivity index (χ1) is 32.4. The van der Waals surface area contributed by atoms with E-state index in [4.69, 9.17) is 26.7 Å². The van der Waals surface area contributed by atoms with Crippen molar-refractivity contribution < 1.29 is 55.0 Å². The van der Waals surface area contributed by atoms with Gasteiger partial charge in [-0.3, -0.25) is 24.0 Å². The second kappa shape index (κ2) is 23.9. The summed E-state index contributed by atoms with van der Waals surface area (Å²) in [4.78, 5) is 70.4. The molecule has 0 spiro atoms. The zero-order valence-electron chi connectivity index (χ0n) is 37.7. The van der Waals surface area contributed by atoms with Crippen LogP contribution in [0.15, 0.2) is 84.9 Å². The average molecular weight is 967 g/mol. The Morgan fingerprint density at radius 3 is 2.03 bits per heavy atom. The van der Waals surface area contributed by atoms with Crippen LogP contribution in [0.3, 0.4) is 0 Å². The third-order valence-corrected chi connectivity index (χ3v) is 12.1. The molecule has 17 nitrogen and oxygen atoms in total. The number of benzene rings is 4. The normalized spacial score (nSPS) is 15.8. The molecule has 0 aliphatic carbocycles. The van der Waals surface area contributed by atoms with Crippen LogP contribution in [-0.2, 0) is 42.0 Å². The van der Waals surface area contributed by atoms with Gasteiger partial charge in [0.1, 0.15) is 42.8 Å². The maximum absolute atomic E-state index is 14.6. The lowest BCUT2D eigenvalue weighted by molar-refractivity contribution is -0.141. The molecule has 1 aliphatic heterocycles. The van der Waals surface area contributed by atoms with Crippen LogP contribution >= 0.6 is 0 Å². The summed E-state index contributed by atoms with van der Waals surface area (Å²) in [6, 6.07) is 19.4. The zero-order valence-corrected chi connectivity index (χ0v) is 38.5. The first-order valence-corrected chi connectivity index (χ1v) is 23.5. The summed E-state index contributed by atoms with van der Waals surface area (Å²) in [7, 11) is -4.87. The number of rotatable bonds is 19.